The highest BCUT2D eigenvalue weighted by Gasteiger charge is 2.12. The zero-order chi connectivity index (χ0) is 18.4. The van der Waals surface area contributed by atoms with Crippen LogP contribution in [-0.4, -0.2) is 40.7 Å². The van der Waals surface area contributed by atoms with Crippen molar-refractivity contribution >= 4 is 53.1 Å². The van der Waals surface area contributed by atoms with Crippen molar-refractivity contribution in [3.8, 4) is 0 Å². The van der Waals surface area contributed by atoms with E-state index in [1.807, 2.05) is 54.9 Å². The fraction of sp³-hybridized carbons (Fsp3) is 0.389. The van der Waals surface area contributed by atoms with E-state index in [-0.39, 0.29) is 30.5 Å². The van der Waals surface area contributed by atoms with Gasteiger partial charge in [0, 0.05) is 37.6 Å². The molecular formula is C18H25Cl2IN4O. The van der Waals surface area contributed by atoms with E-state index in [1.54, 1.807) is 12.1 Å². The molecule has 1 aromatic heterocycles. The molecule has 144 valence electrons. The van der Waals surface area contributed by atoms with Crippen molar-refractivity contribution < 1.29 is 5.11 Å². The van der Waals surface area contributed by atoms with Gasteiger partial charge in [-0.25, -0.2) is 0 Å². The third kappa shape index (κ3) is 6.64. The quantitative estimate of drug-likeness (QED) is 0.350. The third-order valence-electron chi connectivity index (χ3n) is 3.84. The molecule has 1 unspecified atom stereocenters. The number of hydrogen-bond donors (Lipinski definition) is 2. The van der Waals surface area contributed by atoms with Crippen LogP contribution in [0.25, 0.3) is 0 Å². The van der Waals surface area contributed by atoms with Crippen molar-refractivity contribution in [3.63, 3.8) is 0 Å². The first-order valence-electron chi connectivity index (χ1n) is 8.14. The van der Waals surface area contributed by atoms with E-state index in [1.165, 1.54) is 0 Å². The number of aliphatic imine (C=N–C) groups is 1. The minimum absolute atomic E-state index is 0. The van der Waals surface area contributed by atoms with Gasteiger partial charge in [0.15, 0.2) is 5.96 Å². The molecule has 0 spiro atoms. The van der Waals surface area contributed by atoms with Crippen molar-refractivity contribution in [2.75, 3.05) is 20.1 Å². The summed E-state index contributed by atoms with van der Waals surface area (Å²) in [7, 11) is 3.92. The molecular weight excluding hydrogens is 486 g/mol. The van der Waals surface area contributed by atoms with Gasteiger partial charge in [-0.1, -0.05) is 35.3 Å². The standard InChI is InChI=1S/C18H24Cl2N4O.HI/c1-4-21-18(24(3)12-16-9-15(20)11-23(16)2)22-10-17(25)13-5-7-14(19)8-6-13;/h5-9,11,17,25H,4,10,12H2,1-3H3,(H,21,22);1H. The third-order valence-corrected chi connectivity index (χ3v) is 4.30. The topological polar surface area (TPSA) is 52.8 Å². The Bertz CT molecular complexity index is 718. The second kappa shape index (κ2) is 11.0. The average molecular weight is 511 g/mol. The normalized spacial score (nSPS) is 12.5. The SMILES string of the molecule is CCNC(=NCC(O)c1ccc(Cl)cc1)N(C)Cc1cc(Cl)cn1C.I. The largest absolute Gasteiger partial charge is 0.386 e. The Kier molecular flexibility index (Phi) is 9.78. The fourth-order valence-electron chi connectivity index (χ4n) is 2.47. The zero-order valence-corrected chi connectivity index (χ0v) is 19.0. The lowest BCUT2D eigenvalue weighted by Crippen LogP contribution is -2.39. The van der Waals surface area contributed by atoms with Crippen LogP contribution in [0.2, 0.25) is 10.0 Å². The van der Waals surface area contributed by atoms with Crippen LogP contribution in [0.4, 0.5) is 0 Å². The van der Waals surface area contributed by atoms with Crippen molar-refractivity contribution in [2.24, 2.45) is 12.0 Å². The summed E-state index contributed by atoms with van der Waals surface area (Å²) in [5.41, 5.74) is 1.87. The maximum absolute atomic E-state index is 10.3. The van der Waals surface area contributed by atoms with Crippen LogP contribution >= 0.6 is 47.2 Å². The molecule has 26 heavy (non-hydrogen) atoms. The predicted octanol–water partition coefficient (Wildman–Crippen LogP) is 4.08. The molecule has 0 amide bonds. The van der Waals surface area contributed by atoms with Crippen molar-refractivity contribution in [1.29, 1.82) is 0 Å². The summed E-state index contributed by atoms with van der Waals surface area (Å²) in [6.45, 7) is 3.68. The van der Waals surface area contributed by atoms with Crippen LogP contribution in [0.1, 0.15) is 24.3 Å². The molecule has 1 aromatic carbocycles. The molecule has 0 aliphatic carbocycles. The molecule has 2 rings (SSSR count). The van der Waals surface area contributed by atoms with E-state index in [0.29, 0.717) is 16.6 Å². The molecule has 0 aliphatic heterocycles. The number of aliphatic hydroxyl groups excluding tert-OH is 1. The lowest BCUT2D eigenvalue weighted by molar-refractivity contribution is 0.186. The van der Waals surface area contributed by atoms with Gasteiger partial charge < -0.3 is 19.9 Å². The number of guanidine groups is 1. The van der Waals surface area contributed by atoms with E-state index < -0.39 is 6.10 Å². The highest BCUT2D eigenvalue weighted by molar-refractivity contribution is 14.0. The first-order chi connectivity index (χ1) is 11.9. The second-order valence-corrected chi connectivity index (χ2v) is 6.75. The first-order valence-corrected chi connectivity index (χ1v) is 8.90. The van der Waals surface area contributed by atoms with E-state index in [9.17, 15) is 5.11 Å². The lowest BCUT2D eigenvalue weighted by Gasteiger charge is -2.23. The fourth-order valence-corrected chi connectivity index (χ4v) is 2.87. The average Bonchev–Trinajstić information content (AvgIpc) is 2.89. The number of rotatable bonds is 6. The summed E-state index contributed by atoms with van der Waals surface area (Å²) < 4.78 is 1.99. The zero-order valence-electron chi connectivity index (χ0n) is 15.1. The Morgan fingerprint density at radius 3 is 2.46 bits per heavy atom. The molecule has 1 heterocycles. The van der Waals surface area contributed by atoms with Crippen LogP contribution in [0.15, 0.2) is 41.5 Å². The molecule has 0 radical (unpaired) electrons. The Morgan fingerprint density at radius 2 is 1.92 bits per heavy atom. The van der Waals surface area contributed by atoms with Gasteiger partial charge >= 0.3 is 0 Å². The Labute approximate surface area is 182 Å². The maximum Gasteiger partial charge on any atom is 0.194 e. The van der Waals surface area contributed by atoms with Crippen LogP contribution in [0, 0.1) is 0 Å². The van der Waals surface area contributed by atoms with Gasteiger partial charge in [-0.15, -0.1) is 24.0 Å². The number of halogens is 3. The number of nitrogens with zero attached hydrogens (tertiary/aromatic N) is 3. The van der Waals surface area contributed by atoms with Gasteiger partial charge in [0.25, 0.3) is 0 Å². The van der Waals surface area contributed by atoms with Crippen LogP contribution in [-0.2, 0) is 13.6 Å². The summed E-state index contributed by atoms with van der Waals surface area (Å²) in [6, 6.07) is 9.08. The van der Waals surface area contributed by atoms with Crippen LogP contribution in [0.5, 0.6) is 0 Å². The Morgan fingerprint density at radius 1 is 1.27 bits per heavy atom. The number of nitrogens with one attached hydrogen (secondary N) is 1. The summed E-state index contributed by atoms with van der Waals surface area (Å²) in [5, 5.41) is 14.9. The van der Waals surface area contributed by atoms with Crippen molar-refractivity contribution in [1.82, 2.24) is 14.8 Å². The summed E-state index contributed by atoms with van der Waals surface area (Å²) in [4.78, 5) is 6.55. The molecule has 5 nitrogen and oxygen atoms in total. The lowest BCUT2D eigenvalue weighted by atomic mass is 10.1. The Hall–Kier alpha value is -0.960. The van der Waals surface area contributed by atoms with Gasteiger partial charge in [0.1, 0.15) is 0 Å². The number of aliphatic hydroxyl groups is 1. The monoisotopic (exact) mass is 510 g/mol. The number of aromatic nitrogens is 1. The maximum atomic E-state index is 10.3. The predicted molar refractivity (Wildman–Crippen MR) is 120 cm³/mol. The minimum atomic E-state index is -0.677. The molecule has 1 atom stereocenters. The van der Waals surface area contributed by atoms with Gasteiger partial charge in [-0.05, 0) is 30.7 Å². The molecule has 2 N–H and O–H groups in total. The molecule has 2 aromatic rings. The molecule has 0 bridgehead atoms. The van der Waals surface area contributed by atoms with Crippen LogP contribution in [0.3, 0.4) is 0 Å². The highest BCUT2D eigenvalue weighted by Crippen LogP contribution is 2.17. The van der Waals surface area contributed by atoms with E-state index in [4.69, 9.17) is 23.2 Å². The van der Waals surface area contributed by atoms with Crippen molar-refractivity contribution in [3.05, 3.63) is 57.8 Å². The highest BCUT2D eigenvalue weighted by atomic mass is 127. The number of hydrogen-bond acceptors (Lipinski definition) is 2. The van der Waals surface area contributed by atoms with Gasteiger partial charge in [0.2, 0.25) is 0 Å². The molecule has 0 fully saturated rings. The smallest absolute Gasteiger partial charge is 0.194 e. The summed E-state index contributed by atoms with van der Waals surface area (Å²) in [6.07, 6.45) is 1.20. The number of aryl methyl sites for hydroxylation is 1. The molecule has 0 aliphatic rings. The number of benzene rings is 1. The second-order valence-electron chi connectivity index (χ2n) is 5.88. The van der Waals surface area contributed by atoms with Gasteiger partial charge in [-0.2, -0.15) is 0 Å². The molecule has 0 saturated carbocycles. The van der Waals surface area contributed by atoms with E-state index in [2.05, 4.69) is 10.3 Å². The molecule has 0 saturated heterocycles. The van der Waals surface area contributed by atoms with E-state index >= 15 is 0 Å². The van der Waals surface area contributed by atoms with Crippen molar-refractivity contribution in [2.45, 2.75) is 19.6 Å². The molecule has 8 heteroatoms. The minimum Gasteiger partial charge on any atom is -0.386 e. The Balaban J connectivity index is 0.00000338. The first kappa shape index (κ1) is 23.1. The van der Waals surface area contributed by atoms with Gasteiger partial charge in [-0.3, -0.25) is 4.99 Å². The summed E-state index contributed by atoms with van der Waals surface area (Å²) >= 11 is 11.9. The van der Waals surface area contributed by atoms with Gasteiger partial charge in [0.05, 0.1) is 24.2 Å². The summed E-state index contributed by atoms with van der Waals surface area (Å²) in [5.74, 6) is 0.729. The van der Waals surface area contributed by atoms with E-state index in [0.717, 1.165) is 23.8 Å². The van der Waals surface area contributed by atoms with Crippen LogP contribution < -0.4 is 5.32 Å².